The van der Waals surface area contributed by atoms with Gasteiger partial charge in [-0.1, -0.05) is 0 Å². The molecule has 24 heavy (non-hydrogen) atoms. The number of nitrogens with zero attached hydrogens (tertiary/aromatic N) is 1. The third-order valence-electron chi connectivity index (χ3n) is 4.92. The number of anilines is 2. The summed E-state index contributed by atoms with van der Waals surface area (Å²) in [5, 5.41) is 5.88. The van der Waals surface area contributed by atoms with Gasteiger partial charge in [-0.15, -0.1) is 0 Å². The molecule has 6 nitrogen and oxygen atoms in total. The maximum Gasteiger partial charge on any atom is 0.321 e. The van der Waals surface area contributed by atoms with Crippen LogP contribution in [-0.2, 0) is 16.0 Å². The molecule has 0 spiro atoms. The Bertz CT molecular complexity index is 646. The Hall–Kier alpha value is -2.08. The minimum absolute atomic E-state index is 0.0534. The van der Waals surface area contributed by atoms with Crippen LogP contribution in [0.1, 0.15) is 38.2 Å². The van der Waals surface area contributed by atoms with Crippen molar-refractivity contribution in [3.63, 3.8) is 0 Å². The number of piperidine rings is 1. The quantitative estimate of drug-likeness (QED) is 0.875. The molecule has 1 unspecified atom stereocenters. The van der Waals surface area contributed by atoms with Gasteiger partial charge in [0.25, 0.3) is 0 Å². The molecule has 1 fully saturated rings. The maximum absolute atomic E-state index is 12.5. The lowest BCUT2D eigenvalue weighted by molar-refractivity contribution is -0.116. The molecule has 1 aromatic carbocycles. The van der Waals surface area contributed by atoms with Crippen molar-refractivity contribution in [3.8, 4) is 0 Å². The molecule has 1 saturated heterocycles. The molecule has 0 saturated carbocycles. The molecule has 2 aliphatic heterocycles. The van der Waals surface area contributed by atoms with Gasteiger partial charge in [-0.3, -0.25) is 4.79 Å². The van der Waals surface area contributed by atoms with E-state index in [4.69, 9.17) is 4.74 Å². The molecule has 1 aromatic rings. The molecule has 130 valence electrons. The second-order valence-electron chi connectivity index (χ2n) is 6.88. The highest BCUT2D eigenvalue weighted by molar-refractivity contribution is 5.94. The summed E-state index contributed by atoms with van der Waals surface area (Å²) in [6.45, 7) is 3.37. The standard InChI is InChI=1S/C18H25N3O3/c1-18(24-2)9-4-10-21(12-18)17(23)19-14-7-8-15-13(11-14)5-3-6-16(22)20-15/h7-8,11H,3-6,9-10,12H2,1-2H3,(H,19,23)(H,20,22). The Labute approximate surface area is 142 Å². The van der Waals surface area contributed by atoms with Crippen LogP contribution in [0.25, 0.3) is 0 Å². The van der Waals surface area contributed by atoms with E-state index in [1.54, 1.807) is 12.0 Å². The number of urea groups is 1. The van der Waals surface area contributed by atoms with Crippen molar-refractivity contribution >= 4 is 23.3 Å². The normalized spacial score (nSPS) is 23.9. The molecule has 0 bridgehead atoms. The van der Waals surface area contributed by atoms with Crippen LogP contribution in [0.15, 0.2) is 18.2 Å². The molecule has 6 heteroatoms. The number of likely N-dealkylation sites (tertiary alicyclic amines) is 1. The number of carbonyl (C=O) groups is 2. The molecule has 0 aliphatic carbocycles. The summed E-state index contributed by atoms with van der Waals surface area (Å²) >= 11 is 0. The summed E-state index contributed by atoms with van der Waals surface area (Å²) in [7, 11) is 1.70. The number of hydrogen-bond donors (Lipinski definition) is 2. The lowest BCUT2D eigenvalue weighted by Gasteiger charge is -2.39. The number of rotatable bonds is 2. The zero-order valence-electron chi connectivity index (χ0n) is 14.4. The van der Waals surface area contributed by atoms with Gasteiger partial charge in [-0.05, 0) is 56.4 Å². The largest absolute Gasteiger partial charge is 0.377 e. The fourth-order valence-electron chi connectivity index (χ4n) is 3.40. The first kappa shape index (κ1) is 16.8. The second-order valence-corrected chi connectivity index (χ2v) is 6.88. The third-order valence-corrected chi connectivity index (χ3v) is 4.92. The zero-order valence-corrected chi connectivity index (χ0v) is 14.4. The Morgan fingerprint density at radius 3 is 2.96 bits per heavy atom. The highest BCUT2D eigenvalue weighted by Crippen LogP contribution is 2.27. The number of fused-ring (bicyclic) bond motifs is 1. The van der Waals surface area contributed by atoms with Gasteiger partial charge in [0.2, 0.25) is 5.91 Å². The van der Waals surface area contributed by atoms with Gasteiger partial charge in [-0.2, -0.15) is 0 Å². The smallest absolute Gasteiger partial charge is 0.321 e. The molecule has 3 rings (SSSR count). The number of hydrogen-bond acceptors (Lipinski definition) is 3. The van der Waals surface area contributed by atoms with Crippen molar-refractivity contribution in [2.45, 2.75) is 44.6 Å². The summed E-state index contributed by atoms with van der Waals surface area (Å²) in [5.41, 5.74) is 2.41. The number of nitrogens with one attached hydrogen (secondary N) is 2. The number of amides is 3. The predicted octanol–water partition coefficient (Wildman–Crippen LogP) is 2.99. The Morgan fingerprint density at radius 2 is 2.17 bits per heavy atom. The van der Waals surface area contributed by atoms with Crippen molar-refractivity contribution in [1.82, 2.24) is 4.90 Å². The number of methoxy groups -OCH3 is 1. The van der Waals surface area contributed by atoms with Crippen LogP contribution in [-0.4, -0.2) is 42.6 Å². The van der Waals surface area contributed by atoms with Gasteiger partial charge in [0, 0.05) is 31.5 Å². The van der Waals surface area contributed by atoms with Crippen LogP contribution in [0.3, 0.4) is 0 Å². The monoisotopic (exact) mass is 331 g/mol. The minimum atomic E-state index is -0.270. The summed E-state index contributed by atoms with van der Waals surface area (Å²) in [5.74, 6) is 0.0534. The van der Waals surface area contributed by atoms with Crippen LogP contribution in [0.5, 0.6) is 0 Å². The lowest BCUT2D eigenvalue weighted by atomic mass is 9.95. The van der Waals surface area contributed by atoms with Crippen LogP contribution >= 0.6 is 0 Å². The fraction of sp³-hybridized carbons (Fsp3) is 0.556. The molecular weight excluding hydrogens is 306 g/mol. The van der Waals surface area contributed by atoms with Crippen molar-refractivity contribution in [3.05, 3.63) is 23.8 Å². The maximum atomic E-state index is 12.5. The summed E-state index contributed by atoms with van der Waals surface area (Å²) in [4.78, 5) is 26.0. The number of aryl methyl sites for hydroxylation is 1. The Morgan fingerprint density at radius 1 is 1.33 bits per heavy atom. The number of benzene rings is 1. The van der Waals surface area contributed by atoms with Crippen molar-refractivity contribution in [2.75, 3.05) is 30.8 Å². The third kappa shape index (κ3) is 3.70. The van der Waals surface area contributed by atoms with E-state index in [1.807, 2.05) is 25.1 Å². The molecule has 2 N–H and O–H groups in total. The average molecular weight is 331 g/mol. The van der Waals surface area contributed by atoms with Gasteiger partial charge in [0.1, 0.15) is 0 Å². The molecule has 3 amide bonds. The van der Waals surface area contributed by atoms with E-state index in [2.05, 4.69) is 10.6 Å². The summed E-state index contributed by atoms with van der Waals surface area (Å²) in [6, 6.07) is 5.56. The highest BCUT2D eigenvalue weighted by atomic mass is 16.5. The minimum Gasteiger partial charge on any atom is -0.377 e. The topological polar surface area (TPSA) is 70.7 Å². The first-order valence-corrected chi connectivity index (χ1v) is 8.53. The summed E-state index contributed by atoms with van der Waals surface area (Å²) in [6.07, 6.45) is 4.11. The van der Waals surface area contributed by atoms with Gasteiger partial charge < -0.3 is 20.3 Å². The van der Waals surface area contributed by atoms with Crippen molar-refractivity contribution in [1.29, 1.82) is 0 Å². The van der Waals surface area contributed by atoms with Gasteiger partial charge in [-0.25, -0.2) is 4.79 Å². The molecular formula is C18H25N3O3. The molecule has 0 radical (unpaired) electrons. The lowest BCUT2D eigenvalue weighted by Crippen LogP contribution is -2.50. The SMILES string of the molecule is COC1(C)CCCN(C(=O)Nc2ccc3c(c2)CCCC(=O)N3)C1. The molecule has 2 aliphatic rings. The van der Waals surface area contributed by atoms with E-state index >= 15 is 0 Å². The van der Waals surface area contributed by atoms with Crippen molar-refractivity contribution < 1.29 is 14.3 Å². The van der Waals surface area contributed by atoms with Gasteiger partial charge in [0.15, 0.2) is 0 Å². The van der Waals surface area contributed by atoms with Crippen LogP contribution in [0, 0.1) is 0 Å². The van der Waals surface area contributed by atoms with E-state index in [0.717, 1.165) is 49.2 Å². The second kappa shape index (κ2) is 6.81. The first-order valence-electron chi connectivity index (χ1n) is 8.53. The van der Waals surface area contributed by atoms with E-state index in [1.165, 1.54) is 0 Å². The summed E-state index contributed by atoms with van der Waals surface area (Å²) < 4.78 is 5.55. The fourth-order valence-corrected chi connectivity index (χ4v) is 3.40. The van der Waals surface area contributed by atoms with E-state index < -0.39 is 0 Å². The van der Waals surface area contributed by atoms with E-state index in [-0.39, 0.29) is 17.5 Å². The van der Waals surface area contributed by atoms with E-state index in [0.29, 0.717) is 13.0 Å². The average Bonchev–Trinajstić information content (AvgIpc) is 2.75. The molecule has 0 aromatic heterocycles. The first-order chi connectivity index (χ1) is 11.5. The van der Waals surface area contributed by atoms with Crippen LogP contribution in [0.2, 0.25) is 0 Å². The van der Waals surface area contributed by atoms with Crippen molar-refractivity contribution in [2.24, 2.45) is 0 Å². The predicted molar refractivity (Wildman–Crippen MR) is 93.2 cm³/mol. The van der Waals surface area contributed by atoms with Gasteiger partial charge in [0.05, 0.1) is 12.1 Å². The number of carbonyl (C=O) groups excluding carboxylic acids is 2. The van der Waals surface area contributed by atoms with Crippen LogP contribution < -0.4 is 10.6 Å². The molecule has 2 heterocycles. The number of ether oxygens (including phenoxy) is 1. The Balaban J connectivity index is 1.69. The van der Waals surface area contributed by atoms with E-state index in [9.17, 15) is 9.59 Å². The van der Waals surface area contributed by atoms with Crippen LogP contribution in [0.4, 0.5) is 16.2 Å². The zero-order chi connectivity index (χ0) is 17.2. The molecule has 1 atom stereocenters. The van der Waals surface area contributed by atoms with Gasteiger partial charge >= 0.3 is 6.03 Å². The Kier molecular flexibility index (Phi) is 4.76. The highest BCUT2D eigenvalue weighted by Gasteiger charge is 2.33.